The summed E-state index contributed by atoms with van der Waals surface area (Å²) >= 11 is 0. The van der Waals surface area contributed by atoms with Gasteiger partial charge in [-0.3, -0.25) is 9.89 Å². The Balaban J connectivity index is 2.31. The van der Waals surface area contributed by atoms with E-state index in [2.05, 4.69) is 4.99 Å². The zero-order chi connectivity index (χ0) is 9.26. The Bertz CT molecular complexity index is 363. The van der Waals surface area contributed by atoms with Gasteiger partial charge in [0, 0.05) is 18.0 Å². The number of carbonyl (C=O) groups is 1. The molecule has 0 aliphatic carbocycles. The van der Waals surface area contributed by atoms with E-state index in [9.17, 15) is 4.79 Å². The smallest absolute Gasteiger partial charge is 0.322 e. The van der Waals surface area contributed by atoms with Gasteiger partial charge in [0.05, 0.1) is 12.3 Å². The molecular formula is C9H9N3O. The van der Waals surface area contributed by atoms with E-state index in [4.69, 9.17) is 5.73 Å². The summed E-state index contributed by atoms with van der Waals surface area (Å²) in [5.74, 6) is 0. The number of allylic oxidation sites excluding steroid dienone is 3. The Morgan fingerprint density at radius 3 is 3.15 bits per heavy atom. The molecule has 13 heavy (non-hydrogen) atoms. The number of carbonyl (C=O) groups excluding carboxylic acids is 1. The number of primary amides is 1. The first-order valence-corrected chi connectivity index (χ1v) is 3.96. The minimum Gasteiger partial charge on any atom is -0.351 e. The van der Waals surface area contributed by atoms with Gasteiger partial charge in [-0.1, -0.05) is 12.2 Å². The Morgan fingerprint density at radius 1 is 1.54 bits per heavy atom. The number of nitrogens with two attached hydrogens (primary N) is 1. The molecule has 0 saturated carbocycles. The molecule has 0 aromatic carbocycles. The lowest BCUT2D eigenvalue weighted by Gasteiger charge is -2.18. The number of aliphatic imine (C=N–C) groups is 1. The minimum absolute atomic E-state index is 0.484. The maximum Gasteiger partial charge on any atom is 0.322 e. The van der Waals surface area contributed by atoms with Crippen LogP contribution in [0.5, 0.6) is 0 Å². The van der Waals surface area contributed by atoms with Crippen molar-refractivity contribution >= 4 is 11.7 Å². The molecule has 2 aliphatic rings. The number of urea groups is 1. The number of dihydropyridines is 1. The number of nitrogens with zero attached hydrogens (tertiary/aromatic N) is 2. The summed E-state index contributed by atoms with van der Waals surface area (Å²) in [7, 11) is 0. The molecular weight excluding hydrogens is 166 g/mol. The molecule has 0 bridgehead atoms. The molecule has 4 heteroatoms. The molecule has 0 aromatic rings. The van der Waals surface area contributed by atoms with Gasteiger partial charge in [-0.2, -0.15) is 0 Å². The Labute approximate surface area is 75.7 Å². The summed E-state index contributed by atoms with van der Waals surface area (Å²) in [6.45, 7) is 0.702. The van der Waals surface area contributed by atoms with Gasteiger partial charge in [-0.05, 0) is 6.08 Å². The topological polar surface area (TPSA) is 58.7 Å². The van der Waals surface area contributed by atoms with E-state index in [-0.39, 0.29) is 0 Å². The first-order chi connectivity index (χ1) is 6.27. The molecule has 0 saturated heterocycles. The SMILES string of the molecule is NC(=O)N1C=CC2=NCC=CC2=C1. The molecule has 2 rings (SSSR count). The fourth-order valence-corrected chi connectivity index (χ4v) is 1.25. The normalized spacial score (nSPS) is 19.2. The predicted molar refractivity (Wildman–Crippen MR) is 50.1 cm³/mol. The highest BCUT2D eigenvalue weighted by atomic mass is 16.2. The van der Waals surface area contributed by atoms with Crippen LogP contribution in [0.1, 0.15) is 0 Å². The van der Waals surface area contributed by atoms with Crippen LogP contribution in [0.25, 0.3) is 0 Å². The number of amides is 2. The number of rotatable bonds is 0. The van der Waals surface area contributed by atoms with Crippen LogP contribution in [0, 0.1) is 0 Å². The Kier molecular flexibility index (Phi) is 1.73. The molecule has 0 radical (unpaired) electrons. The van der Waals surface area contributed by atoms with Gasteiger partial charge in [0.15, 0.2) is 0 Å². The molecule has 2 N–H and O–H groups in total. The third-order valence-electron chi connectivity index (χ3n) is 1.89. The third kappa shape index (κ3) is 1.38. The van der Waals surface area contributed by atoms with Gasteiger partial charge in [-0.25, -0.2) is 4.79 Å². The maximum atomic E-state index is 10.8. The lowest BCUT2D eigenvalue weighted by molar-refractivity contribution is 0.235. The molecule has 0 unspecified atom stereocenters. The van der Waals surface area contributed by atoms with Crippen molar-refractivity contribution in [3.05, 3.63) is 36.2 Å². The summed E-state index contributed by atoms with van der Waals surface area (Å²) < 4.78 is 0. The van der Waals surface area contributed by atoms with Crippen molar-refractivity contribution in [2.45, 2.75) is 0 Å². The molecule has 66 valence electrons. The van der Waals surface area contributed by atoms with Crippen LogP contribution in [-0.2, 0) is 0 Å². The summed E-state index contributed by atoms with van der Waals surface area (Å²) in [6.07, 6.45) is 8.94. The van der Waals surface area contributed by atoms with Crippen molar-refractivity contribution in [3.8, 4) is 0 Å². The van der Waals surface area contributed by atoms with Gasteiger partial charge in [0.1, 0.15) is 0 Å². The Hall–Kier alpha value is -1.84. The van der Waals surface area contributed by atoms with Crippen molar-refractivity contribution in [2.24, 2.45) is 10.7 Å². The second-order valence-electron chi connectivity index (χ2n) is 2.77. The molecule has 2 aliphatic heterocycles. The second kappa shape index (κ2) is 2.90. The summed E-state index contributed by atoms with van der Waals surface area (Å²) in [6, 6.07) is -0.484. The zero-order valence-electron chi connectivity index (χ0n) is 6.97. The second-order valence-corrected chi connectivity index (χ2v) is 2.77. The average molecular weight is 175 g/mol. The number of hydrogen-bond donors (Lipinski definition) is 1. The first-order valence-electron chi connectivity index (χ1n) is 3.96. The van der Waals surface area contributed by atoms with E-state index in [1.807, 2.05) is 12.2 Å². The highest BCUT2D eigenvalue weighted by Gasteiger charge is 2.13. The fourth-order valence-electron chi connectivity index (χ4n) is 1.25. The van der Waals surface area contributed by atoms with Gasteiger partial charge < -0.3 is 5.73 Å². The fraction of sp³-hybridized carbons (Fsp3) is 0.111. The first kappa shape index (κ1) is 7.79. The third-order valence-corrected chi connectivity index (χ3v) is 1.89. The van der Waals surface area contributed by atoms with Crippen LogP contribution < -0.4 is 5.73 Å². The van der Waals surface area contributed by atoms with E-state index in [0.717, 1.165) is 11.3 Å². The lowest BCUT2D eigenvalue weighted by Crippen LogP contribution is -2.29. The van der Waals surface area contributed by atoms with Gasteiger partial charge in [-0.15, -0.1) is 0 Å². The van der Waals surface area contributed by atoms with Gasteiger partial charge in [0.2, 0.25) is 0 Å². The van der Waals surface area contributed by atoms with Crippen LogP contribution in [0.3, 0.4) is 0 Å². The van der Waals surface area contributed by atoms with Crippen molar-refractivity contribution in [1.29, 1.82) is 0 Å². The summed E-state index contributed by atoms with van der Waals surface area (Å²) in [5.41, 5.74) is 6.94. The van der Waals surface area contributed by atoms with Gasteiger partial charge in [0.25, 0.3) is 0 Å². The van der Waals surface area contributed by atoms with Crippen molar-refractivity contribution in [3.63, 3.8) is 0 Å². The Morgan fingerprint density at radius 2 is 2.38 bits per heavy atom. The van der Waals surface area contributed by atoms with Crippen LogP contribution in [0.4, 0.5) is 4.79 Å². The maximum absolute atomic E-state index is 10.8. The van der Waals surface area contributed by atoms with Crippen LogP contribution >= 0.6 is 0 Å². The van der Waals surface area contributed by atoms with E-state index < -0.39 is 6.03 Å². The van der Waals surface area contributed by atoms with Crippen molar-refractivity contribution in [2.75, 3.05) is 6.54 Å². The van der Waals surface area contributed by atoms with Crippen LogP contribution in [0.2, 0.25) is 0 Å². The molecule has 0 atom stereocenters. The van der Waals surface area contributed by atoms with E-state index in [0.29, 0.717) is 6.54 Å². The highest BCUT2D eigenvalue weighted by Crippen LogP contribution is 2.14. The number of hydrogen-bond acceptors (Lipinski definition) is 2. The van der Waals surface area contributed by atoms with E-state index >= 15 is 0 Å². The zero-order valence-corrected chi connectivity index (χ0v) is 6.97. The van der Waals surface area contributed by atoms with Crippen molar-refractivity contribution in [1.82, 2.24) is 4.90 Å². The average Bonchev–Trinajstić information content (AvgIpc) is 2.17. The summed E-state index contributed by atoms with van der Waals surface area (Å²) in [4.78, 5) is 16.4. The van der Waals surface area contributed by atoms with Crippen molar-refractivity contribution < 1.29 is 4.79 Å². The molecule has 0 aromatic heterocycles. The standard InChI is InChI=1S/C9H9N3O/c10-9(13)12-5-3-8-7(6-12)2-1-4-11-8/h1-3,5-6H,4H2,(H2,10,13). The van der Waals surface area contributed by atoms with E-state index in [1.54, 1.807) is 18.5 Å². The van der Waals surface area contributed by atoms with Crippen LogP contribution in [-0.4, -0.2) is 23.2 Å². The predicted octanol–water partition coefficient (Wildman–Crippen LogP) is 0.789. The molecule has 0 fully saturated rings. The molecule has 4 nitrogen and oxygen atoms in total. The lowest BCUT2D eigenvalue weighted by atomic mass is 10.1. The molecule has 2 heterocycles. The summed E-state index contributed by atoms with van der Waals surface area (Å²) in [5, 5.41) is 0. The molecule has 0 spiro atoms. The van der Waals surface area contributed by atoms with Crippen LogP contribution in [0.15, 0.2) is 41.2 Å². The molecule has 2 amide bonds. The minimum atomic E-state index is -0.484. The quantitative estimate of drug-likeness (QED) is 0.581. The number of fused-ring (bicyclic) bond motifs is 1. The largest absolute Gasteiger partial charge is 0.351 e. The van der Waals surface area contributed by atoms with Gasteiger partial charge >= 0.3 is 6.03 Å². The highest BCUT2D eigenvalue weighted by molar-refractivity contribution is 6.12. The monoisotopic (exact) mass is 175 g/mol. The van der Waals surface area contributed by atoms with E-state index in [1.165, 1.54) is 4.90 Å².